The highest BCUT2D eigenvalue weighted by atomic mass is 16.5. The van der Waals surface area contributed by atoms with Crippen molar-refractivity contribution < 1.29 is 4.74 Å². The summed E-state index contributed by atoms with van der Waals surface area (Å²) in [7, 11) is 1.67. The van der Waals surface area contributed by atoms with E-state index in [1.807, 2.05) is 41.3 Å². The number of rotatable bonds is 6. The quantitative estimate of drug-likeness (QED) is 0.755. The van der Waals surface area contributed by atoms with Crippen LogP contribution in [0, 0.1) is 11.3 Å². The predicted molar refractivity (Wildman–Crippen MR) is 80.7 cm³/mol. The molecule has 0 bridgehead atoms. The third-order valence-corrected chi connectivity index (χ3v) is 3.06. The molecule has 2 aromatic rings. The van der Waals surface area contributed by atoms with E-state index >= 15 is 0 Å². The Morgan fingerprint density at radius 1 is 1.45 bits per heavy atom. The first-order valence-electron chi connectivity index (χ1n) is 6.45. The maximum Gasteiger partial charge on any atom is 0.130 e. The van der Waals surface area contributed by atoms with Gasteiger partial charge in [-0.2, -0.15) is 5.26 Å². The van der Waals surface area contributed by atoms with Crippen molar-refractivity contribution in [2.75, 3.05) is 31.7 Å². The number of aromatic nitrogens is 1. The van der Waals surface area contributed by atoms with Gasteiger partial charge in [0.2, 0.25) is 0 Å². The van der Waals surface area contributed by atoms with Crippen molar-refractivity contribution in [2.24, 2.45) is 0 Å². The molecule has 0 aliphatic carbocycles. The smallest absolute Gasteiger partial charge is 0.130 e. The van der Waals surface area contributed by atoms with Gasteiger partial charge in [0.15, 0.2) is 0 Å². The summed E-state index contributed by atoms with van der Waals surface area (Å²) in [5, 5.41) is 10.2. The van der Waals surface area contributed by atoms with Crippen molar-refractivity contribution in [3.05, 3.63) is 48.6 Å². The third kappa shape index (κ3) is 2.95. The average Bonchev–Trinajstić information content (AvgIpc) is 2.50. The SMILES string of the molecule is C=CCN(CCOC)c1cc(C#N)c2ccccc2n1. The Morgan fingerprint density at radius 2 is 2.25 bits per heavy atom. The molecule has 2 rings (SSSR count). The highest BCUT2D eigenvalue weighted by molar-refractivity contribution is 5.86. The number of pyridine rings is 1. The minimum Gasteiger partial charge on any atom is -0.383 e. The molecule has 0 radical (unpaired) electrons. The lowest BCUT2D eigenvalue weighted by Gasteiger charge is -2.22. The Balaban J connectivity index is 2.46. The maximum absolute atomic E-state index is 9.31. The van der Waals surface area contributed by atoms with Crippen LogP contribution in [-0.2, 0) is 4.74 Å². The van der Waals surface area contributed by atoms with Crippen LogP contribution in [-0.4, -0.2) is 31.8 Å². The molecule has 1 heterocycles. The number of methoxy groups -OCH3 is 1. The maximum atomic E-state index is 9.31. The second-order valence-electron chi connectivity index (χ2n) is 4.38. The first-order chi connectivity index (χ1) is 9.80. The summed E-state index contributed by atoms with van der Waals surface area (Å²) in [6, 6.07) is 11.7. The fraction of sp³-hybridized carbons (Fsp3) is 0.250. The number of para-hydroxylation sites is 1. The summed E-state index contributed by atoms with van der Waals surface area (Å²) in [5.74, 6) is 0.775. The third-order valence-electron chi connectivity index (χ3n) is 3.06. The predicted octanol–water partition coefficient (Wildman–Crippen LogP) is 2.75. The van der Waals surface area contributed by atoms with Crippen LogP contribution in [0.3, 0.4) is 0 Å². The number of anilines is 1. The molecule has 0 amide bonds. The summed E-state index contributed by atoms with van der Waals surface area (Å²) in [6.07, 6.45) is 1.82. The Hall–Kier alpha value is -2.38. The van der Waals surface area contributed by atoms with E-state index in [0.29, 0.717) is 25.3 Å². The van der Waals surface area contributed by atoms with Crippen LogP contribution in [0.25, 0.3) is 10.9 Å². The minimum atomic E-state index is 0.601. The van der Waals surface area contributed by atoms with Gasteiger partial charge < -0.3 is 9.64 Å². The van der Waals surface area contributed by atoms with E-state index < -0.39 is 0 Å². The van der Waals surface area contributed by atoms with E-state index in [4.69, 9.17) is 4.74 Å². The number of ether oxygens (including phenoxy) is 1. The molecule has 0 aliphatic rings. The van der Waals surface area contributed by atoms with Gasteiger partial charge in [-0.3, -0.25) is 0 Å². The number of nitrogens with zero attached hydrogens (tertiary/aromatic N) is 3. The molecule has 0 N–H and O–H groups in total. The molecule has 20 heavy (non-hydrogen) atoms. The molecule has 0 fully saturated rings. The molecule has 1 aromatic heterocycles. The van der Waals surface area contributed by atoms with E-state index in [1.54, 1.807) is 7.11 Å². The van der Waals surface area contributed by atoms with Crippen LogP contribution < -0.4 is 4.90 Å². The van der Waals surface area contributed by atoms with Crippen LogP contribution in [0.15, 0.2) is 43.0 Å². The fourth-order valence-electron chi connectivity index (χ4n) is 2.07. The van der Waals surface area contributed by atoms with Gasteiger partial charge in [-0.25, -0.2) is 4.98 Å². The number of hydrogen-bond acceptors (Lipinski definition) is 4. The lowest BCUT2D eigenvalue weighted by molar-refractivity contribution is 0.205. The molecule has 1 aromatic carbocycles. The Kier molecular flexibility index (Phi) is 4.70. The zero-order chi connectivity index (χ0) is 14.4. The second-order valence-corrected chi connectivity index (χ2v) is 4.38. The molecular formula is C16H17N3O. The number of hydrogen-bond donors (Lipinski definition) is 0. The van der Waals surface area contributed by atoms with Gasteiger partial charge in [0.1, 0.15) is 5.82 Å². The van der Waals surface area contributed by atoms with Crippen molar-refractivity contribution in [3.8, 4) is 6.07 Å². The number of benzene rings is 1. The lowest BCUT2D eigenvalue weighted by Crippen LogP contribution is -2.28. The molecular weight excluding hydrogens is 250 g/mol. The van der Waals surface area contributed by atoms with Crippen LogP contribution in [0.5, 0.6) is 0 Å². The van der Waals surface area contributed by atoms with E-state index in [2.05, 4.69) is 17.6 Å². The van der Waals surface area contributed by atoms with E-state index in [1.165, 1.54) is 0 Å². The number of fused-ring (bicyclic) bond motifs is 1. The highest BCUT2D eigenvalue weighted by Crippen LogP contribution is 2.22. The van der Waals surface area contributed by atoms with Crippen molar-refractivity contribution in [1.82, 2.24) is 4.98 Å². The summed E-state index contributed by atoms with van der Waals surface area (Å²) in [5.41, 5.74) is 1.46. The average molecular weight is 267 g/mol. The largest absolute Gasteiger partial charge is 0.383 e. The van der Waals surface area contributed by atoms with Crippen molar-refractivity contribution >= 4 is 16.7 Å². The molecule has 0 saturated heterocycles. The van der Waals surface area contributed by atoms with E-state index in [-0.39, 0.29) is 0 Å². The highest BCUT2D eigenvalue weighted by Gasteiger charge is 2.10. The van der Waals surface area contributed by atoms with Crippen LogP contribution >= 0.6 is 0 Å². The summed E-state index contributed by atoms with van der Waals surface area (Å²) in [4.78, 5) is 6.67. The summed E-state index contributed by atoms with van der Waals surface area (Å²) in [6.45, 7) is 5.74. The first-order valence-corrected chi connectivity index (χ1v) is 6.45. The van der Waals surface area contributed by atoms with Gasteiger partial charge >= 0.3 is 0 Å². The van der Waals surface area contributed by atoms with Crippen LogP contribution in [0.1, 0.15) is 5.56 Å². The molecule has 0 unspecified atom stereocenters. The normalized spacial score (nSPS) is 10.2. The van der Waals surface area contributed by atoms with Gasteiger partial charge in [0.05, 0.1) is 23.8 Å². The summed E-state index contributed by atoms with van der Waals surface area (Å²) < 4.78 is 5.12. The lowest BCUT2D eigenvalue weighted by atomic mass is 10.1. The van der Waals surface area contributed by atoms with Crippen molar-refractivity contribution in [1.29, 1.82) is 5.26 Å². The molecule has 0 saturated carbocycles. The topological polar surface area (TPSA) is 49.1 Å². The molecule has 0 spiro atoms. The van der Waals surface area contributed by atoms with E-state index in [0.717, 1.165) is 16.7 Å². The minimum absolute atomic E-state index is 0.601. The zero-order valence-electron chi connectivity index (χ0n) is 11.5. The second kappa shape index (κ2) is 6.69. The monoisotopic (exact) mass is 267 g/mol. The molecule has 4 heteroatoms. The van der Waals surface area contributed by atoms with Gasteiger partial charge in [-0.15, -0.1) is 6.58 Å². The molecule has 0 atom stereocenters. The first kappa shape index (κ1) is 14.0. The zero-order valence-corrected chi connectivity index (χ0v) is 11.5. The van der Waals surface area contributed by atoms with Crippen molar-refractivity contribution in [3.63, 3.8) is 0 Å². The molecule has 4 nitrogen and oxygen atoms in total. The Bertz CT molecular complexity index is 646. The fourth-order valence-corrected chi connectivity index (χ4v) is 2.07. The van der Waals surface area contributed by atoms with Gasteiger partial charge in [0.25, 0.3) is 0 Å². The number of nitriles is 1. The molecule has 102 valence electrons. The Morgan fingerprint density at radius 3 is 2.95 bits per heavy atom. The molecule has 0 aliphatic heterocycles. The van der Waals surface area contributed by atoms with Crippen molar-refractivity contribution in [2.45, 2.75) is 0 Å². The Labute approximate surface area is 118 Å². The van der Waals surface area contributed by atoms with Crippen LogP contribution in [0.4, 0.5) is 5.82 Å². The summed E-state index contributed by atoms with van der Waals surface area (Å²) >= 11 is 0. The van der Waals surface area contributed by atoms with Gasteiger partial charge in [-0.1, -0.05) is 24.3 Å². The van der Waals surface area contributed by atoms with Gasteiger partial charge in [-0.05, 0) is 12.1 Å². The van der Waals surface area contributed by atoms with Gasteiger partial charge in [0, 0.05) is 25.6 Å². The van der Waals surface area contributed by atoms with Crippen LogP contribution in [0.2, 0.25) is 0 Å². The standard InChI is InChI=1S/C16H17N3O/c1-3-8-19(9-10-20-2)16-11-13(12-17)14-6-4-5-7-15(14)18-16/h3-7,11H,1,8-10H2,2H3. The van der Waals surface area contributed by atoms with E-state index in [9.17, 15) is 5.26 Å².